The largest absolute Gasteiger partial charge is 0.479 e. The van der Waals surface area contributed by atoms with Crippen molar-refractivity contribution in [3.63, 3.8) is 0 Å². The van der Waals surface area contributed by atoms with Crippen molar-refractivity contribution in [1.29, 1.82) is 0 Å². The molecule has 0 saturated heterocycles. The van der Waals surface area contributed by atoms with Crippen molar-refractivity contribution in [1.82, 2.24) is 4.90 Å². The molecule has 2 amide bonds. The Morgan fingerprint density at radius 3 is 2.42 bits per heavy atom. The number of rotatable bonds is 6. The average Bonchev–Trinajstić information content (AvgIpc) is 2.78. The number of amides is 2. The number of carbonyl (C=O) groups is 2. The van der Waals surface area contributed by atoms with Crippen LogP contribution in [0.15, 0.2) is 78.9 Å². The van der Waals surface area contributed by atoms with Crippen molar-refractivity contribution < 1.29 is 18.7 Å². The SMILES string of the molecule is C[C@@H]1Oc2ccccc2N(CC(=O)N(Cc2ccccc2)Cc2ccccc2F)C1=O. The lowest BCUT2D eigenvalue weighted by Gasteiger charge is -2.34. The first-order valence-corrected chi connectivity index (χ1v) is 10.1. The van der Waals surface area contributed by atoms with Gasteiger partial charge in [0.1, 0.15) is 18.1 Å². The molecule has 31 heavy (non-hydrogen) atoms. The van der Waals surface area contributed by atoms with E-state index in [2.05, 4.69) is 0 Å². The van der Waals surface area contributed by atoms with Crippen molar-refractivity contribution in [3.8, 4) is 5.75 Å². The second-order valence-corrected chi connectivity index (χ2v) is 7.48. The summed E-state index contributed by atoms with van der Waals surface area (Å²) in [5, 5.41) is 0. The Hall–Kier alpha value is -3.67. The summed E-state index contributed by atoms with van der Waals surface area (Å²) in [6.07, 6.45) is -0.683. The molecular weight excluding hydrogens is 395 g/mol. The summed E-state index contributed by atoms with van der Waals surface area (Å²) < 4.78 is 20.0. The summed E-state index contributed by atoms with van der Waals surface area (Å²) in [6, 6.07) is 23.1. The third kappa shape index (κ3) is 4.58. The molecule has 4 rings (SSSR count). The summed E-state index contributed by atoms with van der Waals surface area (Å²) >= 11 is 0. The second-order valence-electron chi connectivity index (χ2n) is 7.48. The molecule has 0 radical (unpaired) electrons. The number of para-hydroxylation sites is 2. The molecule has 0 aromatic heterocycles. The number of nitrogens with zero attached hydrogens (tertiary/aromatic N) is 2. The van der Waals surface area contributed by atoms with Crippen LogP contribution in [-0.2, 0) is 22.7 Å². The van der Waals surface area contributed by atoms with Crippen LogP contribution in [0.3, 0.4) is 0 Å². The summed E-state index contributed by atoms with van der Waals surface area (Å²) in [4.78, 5) is 29.2. The molecule has 6 heteroatoms. The molecule has 1 aliphatic heterocycles. The molecule has 3 aromatic carbocycles. The molecule has 5 nitrogen and oxygen atoms in total. The predicted octanol–water partition coefficient (Wildman–Crippen LogP) is 4.17. The van der Waals surface area contributed by atoms with E-state index in [0.717, 1.165) is 5.56 Å². The van der Waals surface area contributed by atoms with E-state index in [4.69, 9.17) is 4.74 Å². The highest BCUT2D eigenvalue weighted by molar-refractivity contribution is 6.03. The van der Waals surface area contributed by atoms with E-state index in [-0.39, 0.29) is 30.7 Å². The second kappa shape index (κ2) is 9.00. The Morgan fingerprint density at radius 1 is 0.968 bits per heavy atom. The van der Waals surface area contributed by atoms with Crippen LogP contribution < -0.4 is 9.64 Å². The molecule has 158 valence electrons. The first-order valence-electron chi connectivity index (χ1n) is 10.1. The van der Waals surface area contributed by atoms with Gasteiger partial charge in [0.25, 0.3) is 5.91 Å². The van der Waals surface area contributed by atoms with Crippen LogP contribution in [0.4, 0.5) is 10.1 Å². The number of hydrogen-bond donors (Lipinski definition) is 0. The van der Waals surface area contributed by atoms with Gasteiger partial charge in [0.2, 0.25) is 5.91 Å². The topological polar surface area (TPSA) is 49.9 Å². The quantitative estimate of drug-likeness (QED) is 0.604. The highest BCUT2D eigenvalue weighted by Gasteiger charge is 2.33. The number of anilines is 1. The third-order valence-electron chi connectivity index (χ3n) is 5.25. The van der Waals surface area contributed by atoms with Gasteiger partial charge in [0, 0.05) is 18.7 Å². The molecule has 1 atom stereocenters. The predicted molar refractivity (Wildman–Crippen MR) is 116 cm³/mol. The monoisotopic (exact) mass is 418 g/mol. The fourth-order valence-corrected chi connectivity index (χ4v) is 3.63. The van der Waals surface area contributed by atoms with Gasteiger partial charge in [-0.1, -0.05) is 60.7 Å². The number of halogens is 1. The van der Waals surface area contributed by atoms with Crippen LogP contribution in [0.1, 0.15) is 18.1 Å². The molecule has 0 bridgehead atoms. The van der Waals surface area contributed by atoms with Gasteiger partial charge in [0.15, 0.2) is 6.10 Å². The summed E-state index contributed by atoms with van der Waals surface area (Å²) in [6.45, 7) is 1.93. The van der Waals surface area contributed by atoms with Crippen molar-refractivity contribution in [2.24, 2.45) is 0 Å². The zero-order valence-corrected chi connectivity index (χ0v) is 17.2. The molecule has 1 aliphatic rings. The van der Waals surface area contributed by atoms with Crippen molar-refractivity contribution in [2.75, 3.05) is 11.4 Å². The minimum absolute atomic E-state index is 0.107. The maximum atomic E-state index is 14.3. The minimum atomic E-state index is -0.683. The van der Waals surface area contributed by atoms with Gasteiger partial charge < -0.3 is 9.64 Å². The first kappa shape index (κ1) is 20.6. The van der Waals surface area contributed by atoms with Gasteiger partial charge >= 0.3 is 0 Å². The van der Waals surface area contributed by atoms with E-state index in [9.17, 15) is 14.0 Å². The third-order valence-corrected chi connectivity index (χ3v) is 5.25. The van der Waals surface area contributed by atoms with Crippen LogP contribution in [0.25, 0.3) is 0 Å². The van der Waals surface area contributed by atoms with Crippen molar-refractivity contribution >= 4 is 17.5 Å². The maximum Gasteiger partial charge on any atom is 0.268 e. The normalized spacial score (nSPS) is 15.2. The Bertz CT molecular complexity index is 1090. The number of fused-ring (bicyclic) bond motifs is 1. The maximum absolute atomic E-state index is 14.3. The van der Waals surface area contributed by atoms with Gasteiger partial charge in [-0.3, -0.25) is 14.5 Å². The van der Waals surface area contributed by atoms with E-state index < -0.39 is 6.10 Å². The molecule has 0 saturated carbocycles. The lowest BCUT2D eigenvalue weighted by atomic mass is 10.1. The molecule has 0 unspecified atom stereocenters. The van der Waals surface area contributed by atoms with Gasteiger partial charge in [0.05, 0.1) is 5.69 Å². The summed E-state index contributed by atoms with van der Waals surface area (Å²) in [5.41, 5.74) is 1.91. The molecular formula is C25H23FN2O3. The zero-order valence-electron chi connectivity index (χ0n) is 17.2. The average molecular weight is 418 g/mol. The van der Waals surface area contributed by atoms with Crippen molar-refractivity contribution in [2.45, 2.75) is 26.1 Å². The van der Waals surface area contributed by atoms with Gasteiger partial charge in [-0.15, -0.1) is 0 Å². The van der Waals surface area contributed by atoms with E-state index in [0.29, 0.717) is 23.5 Å². The number of hydrogen-bond acceptors (Lipinski definition) is 3. The summed E-state index contributed by atoms with van der Waals surface area (Å²) in [7, 11) is 0. The van der Waals surface area contributed by atoms with Crippen LogP contribution >= 0.6 is 0 Å². The zero-order chi connectivity index (χ0) is 21.8. The lowest BCUT2D eigenvalue weighted by molar-refractivity contribution is -0.134. The Kier molecular flexibility index (Phi) is 5.98. The Labute approximate surface area is 180 Å². The lowest BCUT2D eigenvalue weighted by Crippen LogP contribution is -2.49. The van der Waals surface area contributed by atoms with Gasteiger partial charge in [-0.2, -0.15) is 0 Å². The Balaban J connectivity index is 1.61. The molecule has 0 N–H and O–H groups in total. The minimum Gasteiger partial charge on any atom is -0.479 e. The van der Waals surface area contributed by atoms with E-state index in [1.807, 2.05) is 36.4 Å². The smallest absolute Gasteiger partial charge is 0.268 e. The van der Waals surface area contributed by atoms with E-state index in [1.54, 1.807) is 48.2 Å². The fraction of sp³-hybridized carbons (Fsp3) is 0.200. The molecule has 1 heterocycles. The van der Waals surface area contributed by atoms with E-state index in [1.165, 1.54) is 11.0 Å². The highest BCUT2D eigenvalue weighted by Crippen LogP contribution is 2.33. The number of carbonyl (C=O) groups excluding carboxylic acids is 2. The number of ether oxygens (including phenoxy) is 1. The Morgan fingerprint density at radius 2 is 1.65 bits per heavy atom. The van der Waals surface area contributed by atoms with Gasteiger partial charge in [-0.25, -0.2) is 4.39 Å². The standard InChI is InChI=1S/C25H23FN2O3/c1-18-25(30)28(22-13-7-8-14-23(22)31-18)17-24(29)27(15-19-9-3-2-4-10-19)16-20-11-5-6-12-21(20)26/h2-14,18H,15-17H2,1H3/t18-/m0/s1. The van der Waals surface area contributed by atoms with E-state index >= 15 is 0 Å². The molecule has 0 fully saturated rings. The fourth-order valence-electron chi connectivity index (χ4n) is 3.63. The molecule has 0 aliphatic carbocycles. The van der Waals surface area contributed by atoms with Crippen LogP contribution in [-0.4, -0.2) is 29.4 Å². The van der Waals surface area contributed by atoms with Crippen LogP contribution in [0.2, 0.25) is 0 Å². The molecule has 0 spiro atoms. The van der Waals surface area contributed by atoms with Crippen LogP contribution in [0.5, 0.6) is 5.75 Å². The number of benzene rings is 3. The van der Waals surface area contributed by atoms with Crippen LogP contribution in [0, 0.1) is 5.82 Å². The highest BCUT2D eigenvalue weighted by atomic mass is 19.1. The van der Waals surface area contributed by atoms with Gasteiger partial charge in [-0.05, 0) is 30.7 Å². The molecule has 3 aromatic rings. The van der Waals surface area contributed by atoms with Crippen molar-refractivity contribution in [3.05, 3.63) is 95.8 Å². The summed E-state index contributed by atoms with van der Waals surface area (Å²) in [5.74, 6) is -0.358. The first-order chi connectivity index (χ1) is 15.0.